The van der Waals surface area contributed by atoms with E-state index in [1.54, 1.807) is 26.0 Å². The van der Waals surface area contributed by atoms with Crippen LogP contribution >= 0.6 is 0 Å². The Bertz CT molecular complexity index is 1190. The van der Waals surface area contributed by atoms with Gasteiger partial charge in [-0.1, -0.05) is 6.07 Å². The molecule has 3 aromatic rings. The van der Waals surface area contributed by atoms with Gasteiger partial charge < -0.3 is 15.4 Å². The Morgan fingerprint density at radius 3 is 2.39 bits per heavy atom. The van der Waals surface area contributed by atoms with Crippen LogP contribution in [-0.4, -0.2) is 41.2 Å². The molecular formula is C23H22F2N4O4. The van der Waals surface area contributed by atoms with Crippen LogP contribution in [0.25, 0.3) is 5.69 Å². The quantitative estimate of drug-likeness (QED) is 0.533. The zero-order chi connectivity index (χ0) is 24.1. The summed E-state index contributed by atoms with van der Waals surface area (Å²) in [5, 5.41) is 9.12. The SMILES string of the molecule is CCOC(=O)c1cnn(-c2ccc(C(=O)NC(C(=O)NC)c3ccc(F)c(F)c3)cc2)c1C. The summed E-state index contributed by atoms with van der Waals surface area (Å²) in [4.78, 5) is 37.0. The molecule has 10 heteroatoms. The number of hydrogen-bond acceptors (Lipinski definition) is 5. The molecule has 0 radical (unpaired) electrons. The molecule has 1 aromatic heterocycles. The highest BCUT2D eigenvalue weighted by atomic mass is 19.2. The van der Waals surface area contributed by atoms with Crippen molar-refractivity contribution in [2.24, 2.45) is 0 Å². The molecule has 0 aliphatic heterocycles. The van der Waals surface area contributed by atoms with E-state index in [4.69, 9.17) is 4.74 Å². The van der Waals surface area contributed by atoms with Crippen LogP contribution in [0.3, 0.4) is 0 Å². The molecule has 1 unspecified atom stereocenters. The third kappa shape index (κ3) is 5.05. The predicted molar refractivity (Wildman–Crippen MR) is 115 cm³/mol. The predicted octanol–water partition coefficient (Wildman–Crippen LogP) is 2.85. The summed E-state index contributed by atoms with van der Waals surface area (Å²) in [5.74, 6) is -3.85. The maximum atomic E-state index is 13.6. The zero-order valence-electron chi connectivity index (χ0n) is 18.2. The first-order valence-corrected chi connectivity index (χ1v) is 10.1. The van der Waals surface area contributed by atoms with E-state index in [-0.39, 0.29) is 17.7 Å². The maximum absolute atomic E-state index is 13.6. The van der Waals surface area contributed by atoms with E-state index in [0.29, 0.717) is 16.9 Å². The van der Waals surface area contributed by atoms with Gasteiger partial charge in [0, 0.05) is 12.6 Å². The Hall–Kier alpha value is -4.08. The first kappa shape index (κ1) is 23.6. The van der Waals surface area contributed by atoms with E-state index in [9.17, 15) is 23.2 Å². The summed E-state index contributed by atoms with van der Waals surface area (Å²) >= 11 is 0. The summed E-state index contributed by atoms with van der Waals surface area (Å²) in [6.07, 6.45) is 1.41. The number of ether oxygens (including phenoxy) is 1. The summed E-state index contributed by atoms with van der Waals surface area (Å²) < 4.78 is 33.4. The third-order valence-electron chi connectivity index (χ3n) is 4.94. The van der Waals surface area contributed by atoms with Crippen molar-refractivity contribution < 1.29 is 27.9 Å². The second-order valence-corrected chi connectivity index (χ2v) is 7.02. The lowest BCUT2D eigenvalue weighted by molar-refractivity contribution is -0.122. The number of rotatable bonds is 7. The molecule has 2 amide bonds. The van der Waals surface area contributed by atoms with Crippen molar-refractivity contribution in [3.8, 4) is 5.69 Å². The molecule has 1 heterocycles. The van der Waals surface area contributed by atoms with Gasteiger partial charge in [-0.05, 0) is 55.8 Å². The number of halogens is 2. The van der Waals surface area contributed by atoms with Gasteiger partial charge in [0.05, 0.1) is 24.2 Å². The van der Waals surface area contributed by atoms with Crippen LogP contribution in [0.5, 0.6) is 0 Å². The van der Waals surface area contributed by atoms with Crippen LogP contribution in [0.15, 0.2) is 48.7 Å². The topological polar surface area (TPSA) is 102 Å². The van der Waals surface area contributed by atoms with Crippen LogP contribution in [0, 0.1) is 18.6 Å². The Morgan fingerprint density at radius 1 is 1.09 bits per heavy atom. The van der Waals surface area contributed by atoms with Crippen molar-refractivity contribution in [1.29, 1.82) is 0 Å². The molecule has 2 aromatic carbocycles. The van der Waals surface area contributed by atoms with E-state index >= 15 is 0 Å². The number of nitrogens with one attached hydrogen (secondary N) is 2. The highest BCUT2D eigenvalue weighted by Gasteiger charge is 2.24. The van der Waals surface area contributed by atoms with E-state index in [1.165, 1.54) is 36.1 Å². The molecule has 0 bridgehead atoms. The van der Waals surface area contributed by atoms with Crippen molar-refractivity contribution in [3.05, 3.63) is 82.7 Å². The van der Waals surface area contributed by atoms with Gasteiger partial charge in [-0.25, -0.2) is 18.3 Å². The minimum atomic E-state index is -1.22. The molecule has 0 saturated heterocycles. The van der Waals surface area contributed by atoms with Gasteiger partial charge in [0.25, 0.3) is 5.91 Å². The van der Waals surface area contributed by atoms with E-state index in [0.717, 1.165) is 12.1 Å². The van der Waals surface area contributed by atoms with Gasteiger partial charge >= 0.3 is 5.97 Å². The van der Waals surface area contributed by atoms with Crippen LogP contribution in [0.2, 0.25) is 0 Å². The van der Waals surface area contributed by atoms with Crippen molar-refractivity contribution >= 4 is 17.8 Å². The first-order valence-electron chi connectivity index (χ1n) is 10.1. The van der Waals surface area contributed by atoms with Crippen molar-refractivity contribution in [3.63, 3.8) is 0 Å². The zero-order valence-corrected chi connectivity index (χ0v) is 18.2. The van der Waals surface area contributed by atoms with Crippen molar-refractivity contribution in [2.45, 2.75) is 19.9 Å². The second kappa shape index (κ2) is 10.0. The fraction of sp³-hybridized carbons (Fsp3) is 0.217. The lowest BCUT2D eigenvalue weighted by Crippen LogP contribution is -2.39. The largest absolute Gasteiger partial charge is 0.462 e. The number of nitrogens with zero attached hydrogens (tertiary/aromatic N) is 2. The molecule has 0 aliphatic carbocycles. The Kier molecular flexibility index (Phi) is 7.17. The first-order chi connectivity index (χ1) is 15.8. The maximum Gasteiger partial charge on any atom is 0.341 e. The Balaban J connectivity index is 1.81. The van der Waals surface area contributed by atoms with Gasteiger partial charge in [0.1, 0.15) is 11.6 Å². The van der Waals surface area contributed by atoms with E-state index < -0.39 is 35.5 Å². The molecule has 172 valence electrons. The molecule has 1 atom stereocenters. The number of likely N-dealkylation sites (N-methyl/N-ethyl adjacent to an activating group) is 1. The number of hydrogen-bond donors (Lipinski definition) is 2. The molecule has 0 aliphatic rings. The molecule has 0 spiro atoms. The summed E-state index contributed by atoms with van der Waals surface area (Å²) in [5.41, 5.74) is 1.83. The molecule has 0 saturated carbocycles. The fourth-order valence-corrected chi connectivity index (χ4v) is 3.18. The van der Waals surface area contributed by atoms with Crippen LogP contribution in [0.1, 0.15) is 44.9 Å². The minimum absolute atomic E-state index is 0.0943. The Morgan fingerprint density at radius 2 is 1.79 bits per heavy atom. The van der Waals surface area contributed by atoms with Gasteiger partial charge in [-0.2, -0.15) is 5.10 Å². The lowest BCUT2D eigenvalue weighted by Gasteiger charge is -2.18. The van der Waals surface area contributed by atoms with Gasteiger partial charge in [0.15, 0.2) is 11.6 Å². The van der Waals surface area contributed by atoms with Crippen LogP contribution < -0.4 is 10.6 Å². The smallest absolute Gasteiger partial charge is 0.341 e. The fourth-order valence-electron chi connectivity index (χ4n) is 3.18. The molecular weight excluding hydrogens is 434 g/mol. The number of amides is 2. The minimum Gasteiger partial charge on any atom is -0.462 e. The normalized spacial score (nSPS) is 11.5. The Labute approximate surface area is 188 Å². The lowest BCUT2D eigenvalue weighted by atomic mass is 10.0. The third-order valence-corrected chi connectivity index (χ3v) is 4.94. The molecule has 3 rings (SSSR count). The average molecular weight is 456 g/mol. The van der Waals surface area contributed by atoms with Crippen LogP contribution in [0.4, 0.5) is 8.78 Å². The number of esters is 1. The van der Waals surface area contributed by atoms with Gasteiger partial charge in [-0.15, -0.1) is 0 Å². The number of carbonyl (C=O) groups excluding carboxylic acids is 3. The average Bonchev–Trinajstić information content (AvgIpc) is 3.20. The monoisotopic (exact) mass is 456 g/mol. The van der Waals surface area contributed by atoms with E-state index in [2.05, 4.69) is 15.7 Å². The van der Waals surface area contributed by atoms with Crippen molar-refractivity contribution in [1.82, 2.24) is 20.4 Å². The highest BCUT2D eigenvalue weighted by Crippen LogP contribution is 2.19. The van der Waals surface area contributed by atoms with Crippen LogP contribution in [-0.2, 0) is 9.53 Å². The molecule has 8 nitrogen and oxygen atoms in total. The number of carbonyl (C=O) groups is 3. The molecule has 2 N–H and O–H groups in total. The molecule has 0 fully saturated rings. The van der Waals surface area contributed by atoms with Gasteiger partial charge in [-0.3, -0.25) is 9.59 Å². The molecule has 33 heavy (non-hydrogen) atoms. The summed E-state index contributed by atoms with van der Waals surface area (Å²) in [6.45, 7) is 3.67. The second-order valence-electron chi connectivity index (χ2n) is 7.02. The number of aromatic nitrogens is 2. The van der Waals surface area contributed by atoms with E-state index in [1.807, 2.05) is 0 Å². The summed E-state index contributed by atoms with van der Waals surface area (Å²) in [7, 11) is 1.37. The standard InChI is InChI=1S/C23H22F2N4O4/c1-4-33-23(32)17-12-27-29(13(17)2)16-8-5-14(6-9-16)21(30)28-20(22(31)26-3)15-7-10-18(24)19(25)11-15/h5-12,20H,4H2,1-3H3,(H,26,31)(H,28,30). The summed E-state index contributed by atoms with van der Waals surface area (Å²) in [6, 6.07) is 8.02. The highest BCUT2D eigenvalue weighted by molar-refractivity contribution is 5.98. The van der Waals surface area contributed by atoms with Gasteiger partial charge in [0.2, 0.25) is 5.91 Å². The number of benzene rings is 2. The van der Waals surface area contributed by atoms with Crippen molar-refractivity contribution in [2.75, 3.05) is 13.7 Å².